The molecule has 28 heavy (non-hydrogen) atoms. The highest BCUT2D eigenvalue weighted by Gasteiger charge is 2.28. The molecule has 0 aromatic heterocycles. The number of fused-ring (bicyclic) bond motifs is 1. The van der Waals surface area contributed by atoms with Gasteiger partial charge in [0.1, 0.15) is 5.82 Å². The zero-order valence-corrected chi connectivity index (χ0v) is 16.5. The molecule has 0 spiro atoms. The minimum absolute atomic E-state index is 0.123. The molecule has 4 rings (SSSR count). The molecule has 2 aromatic carbocycles. The third-order valence-electron chi connectivity index (χ3n) is 5.99. The van der Waals surface area contributed by atoms with Crippen LogP contribution < -0.4 is 9.80 Å². The normalized spacial score (nSPS) is 20.1. The summed E-state index contributed by atoms with van der Waals surface area (Å²) in [7, 11) is 0. The van der Waals surface area contributed by atoms with E-state index in [0.29, 0.717) is 25.6 Å². The monoisotopic (exact) mass is 381 g/mol. The van der Waals surface area contributed by atoms with Gasteiger partial charge in [0, 0.05) is 37.8 Å². The second-order valence-corrected chi connectivity index (χ2v) is 7.80. The number of hydrogen-bond donors (Lipinski definition) is 0. The van der Waals surface area contributed by atoms with Crippen molar-refractivity contribution in [2.75, 3.05) is 36.0 Å². The summed E-state index contributed by atoms with van der Waals surface area (Å²) in [6, 6.07) is 15.2. The van der Waals surface area contributed by atoms with E-state index in [9.17, 15) is 9.18 Å². The van der Waals surface area contributed by atoms with Crippen LogP contribution in [0.3, 0.4) is 0 Å². The minimum Gasteiger partial charge on any atom is -0.338 e. The van der Waals surface area contributed by atoms with Gasteiger partial charge in [-0.1, -0.05) is 24.6 Å². The lowest BCUT2D eigenvalue weighted by Gasteiger charge is -2.38. The summed E-state index contributed by atoms with van der Waals surface area (Å²) in [6.07, 6.45) is 4.22. The summed E-state index contributed by atoms with van der Waals surface area (Å²) in [5.74, 6) is -0.158. The van der Waals surface area contributed by atoms with Crippen LogP contribution in [0, 0.1) is 5.82 Å². The number of benzene rings is 2. The molecular formula is C23H28FN3O. The second-order valence-electron chi connectivity index (χ2n) is 7.80. The van der Waals surface area contributed by atoms with E-state index in [2.05, 4.69) is 16.7 Å². The summed E-state index contributed by atoms with van der Waals surface area (Å²) in [6.45, 7) is 5.40. The third kappa shape index (κ3) is 3.90. The maximum absolute atomic E-state index is 14.0. The van der Waals surface area contributed by atoms with Crippen LogP contribution in [0.25, 0.3) is 0 Å². The first-order valence-corrected chi connectivity index (χ1v) is 10.3. The van der Waals surface area contributed by atoms with Crippen LogP contribution in [-0.2, 0) is 4.79 Å². The number of halogens is 1. The van der Waals surface area contributed by atoms with E-state index in [0.717, 1.165) is 30.2 Å². The van der Waals surface area contributed by atoms with Gasteiger partial charge < -0.3 is 14.7 Å². The molecule has 5 heteroatoms. The van der Waals surface area contributed by atoms with Crippen LogP contribution in [0.1, 0.15) is 32.6 Å². The van der Waals surface area contributed by atoms with Crippen molar-refractivity contribution in [2.24, 2.45) is 0 Å². The number of likely N-dealkylation sites (tertiary alicyclic amines) is 1. The number of anilines is 3. The number of nitrogens with zero attached hydrogens (tertiary/aromatic N) is 3. The maximum atomic E-state index is 14.0. The lowest BCUT2D eigenvalue weighted by atomic mass is 10.0. The van der Waals surface area contributed by atoms with Crippen molar-refractivity contribution in [1.82, 2.24) is 4.90 Å². The Morgan fingerprint density at radius 1 is 1.04 bits per heavy atom. The quantitative estimate of drug-likeness (QED) is 0.776. The average Bonchev–Trinajstić information content (AvgIpc) is 2.72. The highest BCUT2D eigenvalue weighted by Crippen LogP contribution is 2.38. The Bertz CT molecular complexity index is 826. The van der Waals surface area contributed by atoms with E-state index in [1.165, 1.54) is 31.4 Å². The second kappa shape index (κ2) is 8.31. The fourth-order valence-electron chi connectivity index (χ4n) is 4.38. The summed E-state index contributed by atoms with van der Waals surface area (Å²) < 4.78 is 14.0. The summed E-state index contributed by atoms with van der Waals surface area (Å²) in [5, 5.41) is 0. The molecule has 0 radical (unpaired) electrons. The Morgan fingerprint density at radius 2 is 1.86 bits per heavy atom. The number of piperidine rings is 1. The Hall–Kier alpha value is -2.40. The van der Waals surface area contributed by atoms with Crippen molar-refractivity contribution < 1.29 is 9.18 Å². The SMILES string of the molecule is CC1CCCCN1CCC(=O)N1CCN(c2ccccc2)c2cc(F)ccc21. The van der Waals surface area contributed by atoms with Gasteiger partial charge in [-0.15, -0.1) is 0 Å². The van der Waals surface area contributed by atoms with Crippen LogP contribution in [0.4, 0.5) is 21.5 Å². The molecule has 1 atom stereocenters. The van der Waals surface area contributed by atoms with Crippen molar-refractivity contribution in [3.05, 3.63) is 54.3 Å². The first-order valence-electron chi connectivity index (χ1n) is 10.3. The number of carbonyl (C=O) groups is 1. The molecule has 1 fully saturated rings. The molecule has 2 aliphatic heterocycles. The number of hydrogen-bond acceptors (Lipinski definition) is 3. The Labute approximate surface area is 166 Å². The molecule has 2 aliphatic rings. The van der Waals surface area contributed by atoms with Gasteiger partial charge >= 0.3 is 0 Å². The molecule has 0 N–H and O–H groups in total. The van der Waals surface area contributed by atoms with Gasteiger partial charge in [-0.3, -0.25) is 4.79 Å². The third-order valence-corrected chi connectivity index (χ3v) is 5.99. The van der Waals surface area contributed by atoms with Crippen LogP contribution in [0.2, 0.25) is 0 Å². The van der Waals surface area contributed by atoms with E-state index in [1.807, 2.05) is 35.2 Å². The van der Waals surface area contributed by atoms with Crippen molar-refractivity contribution in [1.29, 1.82) is 0 Å². The molecule has 4 nitrogen and oxygen atoms in total. The highest BCUT2D eigenvalue weighted by atomic mass is 19.1. The van der Waals surface area contributed by atoms with E-state index in [4.69, 9.17) is 0 Å². The lowest BCUT2D eigenvalue weighted by Crippen LogP contribution is -2.45. The summed E-state index contributed by atoms with van der Waals surface area (Å²) in [5.41, 5.74) is 2.58. The first-order chi connectivity index (χ1) is 13.6. The molecule has 148 valence electrons. The van der Waals surface area contributed by atoms with Gasteiger partial charge in [0.15, 0.2) is 0 Å². The van der Waals surface area contributed by atoms with Crippen molar-refractivity contribution >= 4 is 23.0 Å². The van der Waals surface area contributed by atoms with E-state index in [-0.39, 0.29) is 11.7 Å². The predicted molar refractivity (Wildman–Crippen MR) is 112 cm³/mol. The maximum Gasteiger partial charge on any atom is 0.228 e. The lowest BCUT2D eigenvalue weighted by molar-refractivity contribution is -0.119. The van der Waals surface area contributed by atoms with Crippen LogP contribution in [0.15, 0.2) is 48.5 Å². The van der Waals surface area contributed by atoms with E-state index in [1.54, 1.807) is 6.07 Å². The van der Waals surface area contributed by atoms with Gasteiger partial charge in [0.05, 0.1) is 11.4 Å². The molecule has 2 heterocycles. The van der Waals surface area contributed by atoms with Gasteiger partial charge in [-0.25, -0.2) is 4.39 Å². The smallest absolute Gasteiger partial charge is 0.228 e. The van der Waals surface area contributed by atoms with Gasteiger partial charge in [0.2, 0.25) is 5.91 Å². The summed E-state index contributed by atoms with van der Waals surface area (Å²) in [4.78, 5) is 19.4. The fraction of sp³-hybridized carbons (Fsp3) is 0.435. The molecule has 1 amide bonds. The summed E-state index contributed by atoms with van der Waals surface area (Å²) >= 11 is 0. The molecule has 2 aromatic rings. The molecule has 0 bridgehead atoms. The number of amides is 1. The molecule has 1 saturated heterocycles. The van der Waals surface area contributed by atoms with Gasteiger partial charge in [-0.2, -0.15) is 0 Å². The molecular weight excluding hydrogens is 353 g/mol. The largest absolute Gasteiger partial charge is 0.338 e. The van der Waals surface area contributed by atoms with Crippen molar-refractivity contribution in [2.45, 2.75) is 38.6 Å². The van der Waals surface area contributed by atoms with Crippen molar-refractivity contribution in [3.63, 3.8) is 0 Å². The molecule has 1 unspecified atom stereocenters. The topological polar surface area (TPSA) is 26.8 Å². The zero-order chi connectivity index (χ0) is 19.5. The molecule has 0 aliphatic carbocycles. The van der Waals surface area contributed by atoms with Crippen LogP contribution in [0.5, 0.6) is 0 Å². The zero-order valence-electron chi connectivity index (χ0n) is 16.5. The average molecular weight is 381 g/mol. The van der Waals surface area contributed by atoms with Crippen LogP contribution in [-0.4, -0.2) is 43.0 Å². The van der Waals surface area contributed by atoms with Gasteiger partial charge in [-0.05, 0) is 56.6 Å². The van der Waals surface area contributed by atoms with E-state index < -0.39 is 0 Å². The van der Waals surface area contributed by atoms with Gasteiger partial charge in [0.25, 0.3) is 0 Å². The Balaban J connectivity index is 1.53. The number of para-hydroxylation sites is 1. The minimum atomic E-state index is -0.281. The first kappa shape index (κ1) is 18.9. The van der Waals surface area contributed by atoms with Crippen molar-refractivity contribution in [3.8, 4) is 0 Å². The Kier molecular flexibility index (Phi) is 5.62. The highest BCUT2D eigenvalue weighted by molar-refractivity contribution is 5.99. The Morgan fingerprint density at radius 3 is 2.64 bits per heavy atom. The fourth-order valence-corrected chi connectivity index (χ4v) is 4.38. The molecule has 0 saturated carbocycles. The predicted octanol–water partition coefficient (Wildman–Crippen LogP) is 4.57. The number of carbonyl (C=O) groups excluding carboxylic acids is 1. The number of rotatable bonds is 4. The standard InChI is InChI=1S/C23H28FN3O/c1-18-7-5-6-13-25(18)14-12-23(28)27-16-15-26(20-8-3-2-4-9-20)22-17-19(24)10-11-21(22)27/h2-4,8-11,17-18H,5-7,12-16H2,1H3. The van der Waals surface area contributed by atoms with Crippen LogP contribution >= 0.6 is 0 Å². The van der Waals surface area contributed by atoms with E-state index >= 15 is 0 Å².